The maximum absolute atomic E-state index is 14.7. The van der Waals surface area contributed by atoms with E-state index in [9.17, 15) is 8.78 Å². The smallest absolute Gasteiger partial charge is 0.254 e. The summed E-state index contributed by atoms with van der Waals surface area (Å²) in [5.74, 6) is 0.293. The third kappa shape index (κ3) is 2.45. The maximum Gasteiger partial charge on any atom is 0.254 e. The Hall–Kier alpha value is -2.57. The number of halogens is 2. The van der Waals surface area contributed by atoms with Crippen LogP contribution in [0.1, 0.15) is 31.0 Å². The zero-order valence-corrected chi connectivity index (χ0v) is 14.4. The van der Waals surface area contributed by atoms with E-state index in [-0.39, 0.29) is 17.2 Å². The van der Waals surface area contributed by atoms with Crippen LogP contribution in [0.5, 0.6) is 0 Å². The first-order valence-corrected chi connectivity index (χ1v) is 8.40. The number of aryl methyl sites for hydroxylation is 2. The second kappa shape index (κ2) is 5.75. The number of aromatic nitrogens is 4. The minimum atomic E-state index is -0.462. The van der Waals surface area contributed by atoms with Crippen LogP contribution in [0, 0.1) is 25.5 Å². The Labute approximate surface area is 144 Å². The minimum absolute atomic E-state index is 0.208. The molecule has 3 heterocycles. The zero-order valence-electron chi connectivity index (χ0n) is 14.4. The number of nitrogens with zero attached hydrogens (tertiary/aromatic N) is 5. The van der Waals surface area contributed by atoms with Gasteiger partial charge >= 0.3 is 0 Å². The molecule has 0 N–H and O–H groups in total. The van der Waals surface area contributed by atoms with Crippen LogP contribution in [0.25, 0.3) is 16.9 Å². The van der Waals surface area contributed by atoms with Crippen molar-refractivity contribution >= 4 is 11.6 Å². The molecule has 0 saturated carbocycles. The molecule has 0 bridgehead atoms. The molecule has 7 heteroatoms. The van der Waals surface area contributed by atoms with E-state index in [2.05, 4.69) is 26.9 Å². The molecule has 1 atom stereocenters. The van der Waals surface area contributed by atoms with Gasteiger partial charge in [-0.25, -0.2) is 13.8 Å². The molecule has 1 aliphatic rings. The van der Waals surface area contributed by atoms with Gasteiger partial charge in [-0.15, -0.1) is 0 Å². The average molecular weight is 343 g/mol. The standard InChI is InChI=1S/C18H19F2N5/c1-10-7-15(20)13(8-14(10)19)16-12(3)23-18-21-9-22-25(18)17(16)24-6-4-5-11(24)2/h7-9,11H,4-6H2,1-3H3. The van der Waals surface area contributed by atoms with Crippen molar-refractivity contribution < 1.29 is 8.78 Å². The monoisotopic (exact) mass is 343 g/mol. The van der Waals surface area contributed by atoms with Crippen molar-refractivity contribution in [3.8, 4) is 11.1 Å². The Kier molecular flexibility index (Phi) is 3.67. The van der Waals surface area contributed by atoms with Gasteiger partial charge in [-0.3, -0.25) is 0 Å². The van der Waals surface area contributed by atoms with Gasteiger partial charge in [0.1, 0.15) is 23.8 Å². The van der Waals surface area contributed by atoms with E-state index in [0.29, 0.717) is 17.0 Å². The van der Waals surface area contributed by atoms with Crippen LogP contribution in [-0.4, -0.2) is 32.2 Å². The van der Waals surface area contributed by atoms with Crippen LogP contribution in [0.15, 0.2) is 18.5 Å². The summed E-state index contributed by atoms with van der Waals surface area (Å²) in [6.07, 6.45) is 3.52. The number of hydrogen-bond donors (Lipinski definition) is 0. The second-order valence-electron chi connectivity index (χ2n) is 6.63. The molecule has 1 aliphatic heterocycles. The molecule has 0 aliphatic carbocycles. The normalized spacial score (nSPS) is 17.6. The number of fused-ring (bicyclic) bond motifs is 1. The van der Waals surface area contributed by atoms with Crippen molar-refractivity contribution in [2.24, 2.45) is 0 Å². The topological polar surface area (TPSA) is 46.3 Å². The molecule has 1 aromatic carbocycles. The van der Waals surface area contributed by atoms with Gasteiger partial charge in [-0.1, -0.05) is 0 Å². The van der Waals surface area contributed by atoms with E-state index < -0.39 is 11.6 Å². The van der Waals surface area contributed by atoms with Gasteiger partial charge in [-0.05, 0) is 51.3 Å². The number of rotatable bonds is 2. The summed E-state index contributed by atoms with van der Waals surface area (Å²) >= 11 is 0. The van der Waals surface area contributed by atoms with E-state index >= 15 is 0 Å². The Bertz CT molecular complexity index is 966. The summed E-state index contributed by atoms with van der Waals surface area (Å²) in [5.41, 5.74) is 1.67. The van der Waals surface area contributed by atoms with Crippen molar-refractivity contribution in [1.29, 1.82) is 0 Å². The lowest BCUT2D eigenvalue weighted by Gasteiger charge is -2.27. The van der Waals surface area contributed by atoms with Crippen LogP contribution in [0.2, 0.25) is 0 Å². The van der Waals surface area contributed by atoms with Crippen molar-refractivity contribution in [1.82, 2.24) is 19.6 Å². The fraction of sp³-hybridized carbons (Fsp3) is 0.389. The fourth-order valence-electron chi connectivity index (χ4n) is 3.60. The lowest BCUT2D eigenvalue weighted by atomic mass is 10.0. The van der Waals surface area contributed by atoms with E-state index in [0.717, 1.165) is 25.2 Å². The zero-order chi connectivity index (χ0) is 17.7. The fourth-order valence-corrected chi connectivity index (χ4v) is 3.60. The number of anilines is 1. The molecular weight excluding hydrogens is 324 g/mol. The Balaban J connectivity index is 2.06. The van der Waals surface area contributed by atoms with Crippen LogP contribution in [0.3, 0.4) is 0 Å². The number of hydrogen-bond acceptors (Lipinski definition) is 4. The summed E-state index contributed by atoms with van der Waals surface area (Å²) in [5, 5.41) is 4.28. The van der Waals surface area contributed by atoms with Crippen LogP contribution >= 0.6 is 0 Å². The highest BCUT2D eigenvalue weighted by Gasteiger charge is 2.29. The lowest BCUT2D eigenvalue weighted by molar-refractivity contribution is 0.594. The summed E-state index contributed by atoms with van der Waals surface area (Å²) in [7, 11) is 0. The van der Waals surface area contributed by atoms with Gasteiger partial charge in [0, 0.05) is 23.7 Å². The number of benzene rings is 1. The van der Waals surface area contributed by atoms with Gasteiger partial charge in [0.2, 0.25) is 0 Å². The minimum Gasteiger partial charge on any atom is -0.353 e. The van der Waals surface area contributed by atoms with E-state index in [1.165, 1.54) is 18.5 Å². The Morgan fingerprint density at radius 2 is 1.96 bits per heavy atom. The maximum atomic E-state index is 14.7. The molecule has 5 nitrogen and oxygen atoms in total. The van der Waals surface area contributed by atoms with Gasteiger partial charge in [0.25, 0.3) is 5.78 Å². The Morgan fingerprint density at radius 1 is 1.16 bits per heavy atom. The highest BCUT2D eigenvalue weighted by atomic mass is 19.1. The first kappa shape index (κ1) is 15.9. The van der Waals surface area contributed by atoms with Gasteiger partial charge in [0.15, 0.2) is 0 Å². The molecule has 0 radical (unpaired) electrons. The van der Waals surface area contributed by atoms with Crippen LogP contribution in [-0.2, 0) is 0 Å². The van der Waals surface area contributed by atoms with Crippen molar-refractivity contribution in [3.05, 3.63) is 41.4 Å². The quantitative estimate of drug-likeness (QED) is 0.712. The molecule has 4 rings (SSSR count). The van der Waals surface area contributed by atoms with Gasteiger partial charge < -0.3 is 4.90 Å². The first-order chi connectivity index (χ1) is 12.0. The SMILES string of the molecule is Cc1cc(F)c(-c2c(C)nc3ncnn3c2N2CCCC2C)cc1F. The molecule has 1 unspecified atom stereocenters. The van der Waals surface area contributed by atoms with E-state index in [4.69, 9.17) is 0 Å². The van der Waals surface area contributed by atoms with Crippen molar-refractivity contribution in [2.45, 2.75) is 39.7 Å². The molecule has 1 saturated heterocycles. The van der Waals surface area contributed by atoms with E-state index in [1.807, 2.05) is 0 Å². The average Bonchev–Trinajstić information content (AvgIpc) is 3.18. The largest absolute Gasteiger partial charge is 0.353 e. The Morgan fingerprint density at radius 3 is 2.68 bits per heavy atom. The van der Waals surface area contributed by atoms with Crippen molar-refractivity contribution in [2.75, 3.05) is 11.4 Å². The highest BCUT2D eigenvalue weighted by Crippen LogP contribution is 2.38. The molecule has 2 aromatic heterocycles. The third-order valence-electron chi connectivity index (χ3n) is 4.93. The van der Waals surface area contributed by atoms with Crippen LogP contribution < -0.4 is 4.90 Å². The van der Waals surface area contributed by atoms with Gasteiger partial charge in [0.05, 0.1) is 5.69 Å². The predicted molar refractivity (Wildman–Crippen MR) is 91.7 cm³/mol. The molecule has 0 spiro atoms. The summed E-state index contributed by atoms with van der Waals surface area (Å²) in [6, 6.07) is 2.76. The molecule has 3 aromatic rings. The van der Waals surface area contributed by atoms with Crippen LogP contribution in [0.4, 0.5) is 14.6 Å². The summed E-state index contributed by atoms with van der Waals surface area (Å²) < 4.78 is 30.5. The molecule has 1 fully saturated rings. The second-order valence-corrected chi connectivity index (χ2v) is 6.63. The predicted octanol–water partition coefficient (Wildman–Crippen LogP) is 3.68. The molecule has 25 heavy (non-hydrogen) atoms. The molecule has 0 amide bonds. The molecular formula is C18H19F2N5. The first-order valence-electron chi connectivity index (χ1n) is 8.40. The summed E-state index contributed by atoms with van der Waals surface area (Å²) in [6.45, 7) is 6.31. The summed E-state index contributed by atoms with van der Waals surface area (Å²) in [4.78, 5) is 10.8. The van der Waals surface area contributed by atoms with E-state index in [1.54, 1.807) is 18.4 Å². The highest BCUT2D eigenvalue weighted by molar-refractivity contribution is 5.80. The van der Waals surface area contributed by atoms with Crippen molar-refractivity contribution in [3.63, 3.8) is 0 Å². The molecule has 130 valence electrons. The third-order valence-corrected chi connectivity index (χ3v) is 4.93. The van der Waals surface area contributed by atoms with Gasteiger partial charge in [-0.2, -0.15) is 14.6 Å². The lowest BCUT2D eigenvalue weighted by Crippen LogP contribution is -2.29.